The molecule has 0 aliphatic carbocycles. The molecular weight excluding hydrogens is 106 g/mol. The van der Waals surface area contributed by atoms with Crippen LogP contribution in [0.5, 0.6) is 0 Å². The van der Waals surface area contributed by atoms with Crippen molar-refractivity contribution in [1.82, 2.24) is 0 Å². The molecule has 0 heterocycles. The largest absolute Gasteiger partial charge is 0.395 e. The van der Waals surface area contributed by atoms with Gasteiger partial charge in [0.1, 0.15) is 0 Å². The topological polar surface area (TPSA) is 66.5 Å². The third-order valence-corrected chi connectivity index (χ3v) is 0.878. The summed E-state index contributed by atoms with van der Waals surface area (Å²) in [5, 5.41) is 17.0. The van der Waals surface area contributed by atoms with Crippen molar-refractivity contribution in [2.45, 2.75) is 25.5 Å². The van der Waals surface area contributed by atoms with Crippen LogP contribution in [0.4, 0.5) is 0 Å². The smallest absolute Gasteiger partial charge is 0.0583 e. The van der Waals surface area contributed by atoms with Crippen molar-refractivity contribution in [3.63, 3.8) is 0 Å². The summed E-state index contributed by atoms with van der Waals surface area (Å²) in [5.41, 5.74) is 5.26. The molecule has 0 saturated heterocycles. The van der Waals surface area contributed by atoms with Gasteiger partial charge in [0.15, 0.2) is 0 Å². The molecular formula is C5H13NO2. The van der Waals surface area contributed by atoms with Gasteiger partial charge < -0.3 is 15.9 Å². The quantitative estimate of drug-likeness (QED) is 0.450. The second-order valence-electron chi connectivity index (χ2n) is 2.03. The first-order valence-electron chi connectivity index (χ1n) is 2.71. The minimum Gasteiger partial charge on any atom is -0.395 e. The van der Waals surface area contributed by atoms with Gasteiger partial charge in [-0.25, -0.2) is 0 Å². The molecule has 0 fully saturated rings. The van der Waals surface area contributed by atoms with E-state index in [1.54, 1.807) is 6.92 Å². The fraction of sp³-hybridized carbons (Fsp3) is 1.00. The van der Waals surface area contributed by atoms with Crippen molar-refractivity contribution < 1.29 is 10.2 Å². The molecule has 0 bridgehead atoms. The van der Waals surface area contributed by atoms with E-state index in [0.717, 1.165) is 0 Å². The van der Waals surface area contributed by atoms with E-state index in [1.807, 2.05) is 0 Å². The van der Waals surface area contributed by atoms with Gasteiger partial charge in [-0.3, -0.25) is 0 Å². The average Bonchev–Trinajstić information content (AvgIpc) is 1.65. The van der Waals surface area contributed by atoms with Crippen LogP contribution < -0.4 is 5.73 Å². The Morgan fingerprint density at radius 2 is 2.12 bits per heavy atom. The first-order chi connectivity index (χ1) is 3.66. The molecule has 0 aliphatic rings. The first kappa shape index (κ1) is 7.88. The molecule has 0 rings (SSSR count). The predicted octanol–water partition coefficient (Wildman–Crippen LogP) is -0.923. The van der Waals surface area contributed by atoms with Crippen molar-refractivity contribution in [2.75, 3.05) is 6.61 Å². The number of aliphatic hydroxyl groups is 2. The maximum atomic E-state index is 8.66. The number of hydrogen-bond donors (Lipinski definition) is 3. The normalized spacial score (nSPS) is 18.0. The van der Waals surface area contributed by atoms with Crippen LogP contribution >= 0.6 is 0 Å². The Hall–Kier alpha value is -0.120. The van der Waals surface area contributed by atoms with Gasteiger partial charge >= 0.3 is 0 Å². The third kappa shape index (κ3) is 4.05. The molecule has 1 unspecified atom stereocenters. The van der Waals surface area contributed by atoms with Crippen LogP contribution in [-0.4, -0.2) is 29.0 Å². The SMILES string of the molecule is CC(O)C[C@H](N)CO. The highest BCUT2D eigenvalue weighted by Crippen LogP contribution is 1.91. The molecule has 0 aromatic rings. The average molecular weight is 119 g/mol. The molecule has 0 aromatic carbocycles. The molecule has 0 radical (unpaired) electrons. The van der Waals surface area contributed by atoms with E-state index in [2.05, 4.69) is 0 Å². The van der Waals surface area contributed by atoms with Crippen molar-refractivity contribution in [3.8, 4) is 0 Å². The van der Waals surface area contributed by atoms with E-state index >= 15 is 0 Å². The summed E-state index contributed by atoms with van der Waals surface area (Å²) in [5.74, 6) is 0. The van der Waals surface area contributed by atoms with Crippen LogP contribution in [0.1, 0.15) is 13.3 Å². The summed E-state index contributed by atoms with van der Waals surface area (Å²) in [6.45, 7) is 1.60. The fourth-order valence-electron chi connectivity index (χ4n) is 0.513. The lowest BCUT2D eigenvalue weighted by Gasteiger charge is -2.08. The lowest BCUT2D eigenvalue weighted by molar-refractivity contribution is 0.154. The lowest BCUT2D eigenvalue weighted by atomic mass is 10.2. The van der Waals surface area contributed by atoms with Gasteiger partial charge in [0.25, 0.3) is 0 Å². The highest BCUT2D eigenvalue weighted by molar-refractivity contribution is 4.61. The predicted molar refractivity (Wildman–Crippen MR) is 31.4 cm³/mol. The van der Waals surface area contributed by atoms with Crippen LogP contribution in [0.2, 0.25) is 0 Å². The minimum absolute atomic E-state index is 0.0507. The molecule has 8 heavy (non-hydrogen) atoms. The summed E-state index contributed by atoms with van der Waals surface area (Å²) in [6.07, 6.45) is 0.0633. The molecule has 0 saturated carbocycles. The number of hydrogen-bond acceptors (Lipinski definition) is 3. The zero-order valence-electron chi connectivity index (χ0n) is 5.04. The zero-order valence-corrected chi connectivity index (χ0v) is 5.04. The van der Waals surface area contributed by atoms with E-state index in [0.29, 0.717) is 6.42 Å². The summed E-state index contributed by atoms with van der Waals surface area (Å²) < 4.78 is 0. The van der Waals surface area contributed by atoms with Gasteiger partial charge in [0.05, 0.1) is 12.7 Å². The van der Waals surface area contributed by atoms with Crippen molar-refractivity contribution >= 4 is 0 Å². The number of aliphatic hydroxyl groups excluding tert-OH is 2. The molecule has 3 nitrogen and oxygen atoms in total. The maximum absolute atomic E-state index is 8.66. The fourth-order valence-corrected chi connectivity index (χ4v) is 0.513. The number of nitrogens with two attached hydrogens (primary N) is 1. The summed E-state index contributed by atoms with van der Waals surface area (Å²) >= 11 is 0. The summed E-state index contributed by atoms with van der Waals surface area (Å²) in [7, 11) is 0. The van der Waals surface area contributed by atoms with Gasteiger partial charge in [-0.05, 0) is 13.3 Å². The van der Waals surface area contributed by atoms with Gasteiger partial charge in [-0.1, -0.05) is 0 Å². The van der Waals surface area contributed by atoms with Crippen molar-refractivity contribution in [1.29, 1.82) is 0 Å². The second kappa shape index (κ2) is 3.83. The molecule has 0 spiro atoms. The Morgan fingerprint density at radius 3 is 2.25 bits per heavy atom. The highest BCUT2D eigenvalue weighted by atomic mass is 16.3. The molecule has 2 atom stereocenters. The monoisotopic (exact) mass is 119 g/mol. The van der Waals surface area contributed by atoms with Crippen LogP contribution in [0.3, 0.4) is 0 Å². The van der Waals surface area contributed by atoms with Crippen LogP contribution in [0.15, 0.2) is 0 Å². The highest BCUT2D eigenvalue weighted by Gasteiger charge is 2.02. The van der Waals surface area contributed by atoms with E-state index in [4.69, 9.17) is 15.9 Å². The standard InChI is InChI=1S/C5H13NO2/c1-4(8)2-5(6)3-7/h4-5,7-8H,2-3,6H2,1H3/t4?,5-/m0/s1. The van der Waals surface area contributed by atoms with Gasteiger partial charge in [-0.15, -0.1) is 0 Å². The molecule has 0 aliphatic heterocycles. The Morgan fingerprint density at radius 1 is 1.62 bits per heavy atom. The van der Waals surface area contributed by atoms with E-state index in [9.17, 15) is 0 Å². The van der Waals surface area contributed by atoms with Crippen molar-refractivity contribution in [3.05, 3.63) is 0 Å². The van der Waals surface area contributed by atoms with E-state index < -0.39 is 6.10 Å². The Labute approximate surface area is 49.1 Å². The summed E-state index contributed by atoms with van der Waals surface area (Å²) in [4.78, 5) is 0. The van der Waals surface area contributed by atoms with Gasteiger partial charge in [0.2, 0.25) is 0 Å². The van der Waals surface area contributed by atoms with Crippen LogP contribution in [0.25, 0.3) is 0 Å². The minimum atomic E-state index is -0.405. The molecule has 50 valence electrons. The van der Waals surface area contributed by atoms with Gasteiger partial charge in [-0.2, -0.15) is 0 Å². The Balaban J connectivity index is 3.10. The van der Waals surface area contributed by atoms with E-state index in [-0.39, 0.29) is 12.6 Å². The molecule has 4 N–H and O–H groups in total. The number of rotatable bonds is 3. The van der Waals surface area contributed by atoms with Crippen LogP contribution in [-0.2, 0) is 0 Å². The molecule has 0 amide bonds. The van der Waals surface area contributed by atoms with Gasteiger partial charge in [0, 0.05) is 6.04 Å². The summed E-state index contributed by atoms with van der Waals surface area (Å²) in [6, 6.07) is -0.269. The first-order valence-corrected chi connectivity index (χ1v) is 2.71. The molecule has 0 aromatic heterocycles. The van der Waals surface area contributed by atoms with Crippen molar-refractivity contribution in [2.24, 2.45) is 5.73 Å². The molecule has 3 heteroatoms. The lowest BCUT2D eigenvalue weighted by Crippen LogP contribution is -2.28. The third-order valence-electron chi connectivity index (χ3n) is 0.878. The Kier molecular flexibility index (Phi) is 3.77. The Bertz CT molecular complexity index is 56.4. The maximum Gasteiger partial charge on any atom is 0.0583 e. The zero-order chi connectivity index (χ0) is 6.57. The van der Waals surface area contributed by atoms with Crippen LogP contribution in [0, 0.1) is 0 Å². The second-order valence-corrected chi connectivity index (χ2v) is 2.03. The van der Waals surface area contributed by atoms with E-state index in [1.165, 1.54) is 0 Å².